The number of anilines is 1. The van der Waals surface area contributed by atoms with Crippen molar-refractivity contribution in [3.05, 3.63) is 29.8 Å². The lowest BCUT2D eigenvalue weighted by Gasteiger charge is -2.22. The van der Waals surface area contributed by atoms with Crippen LogP contribution in [-0.4, -0.2) is 45.2 Å². The number of nitrogens with one attached hydrogen (secondary N) is 1. The highest BCUT2D eigenvalue weighted by Gasteiger charge is 2.13. The third kappa shape index (κ3) is 2.48. The molecule has 0 unspecified atom stereocenters. The maximum absolute atomic E-state index is 5.53. The van der Waals surface area contributed by atoms with E-state index in [2.05, 4.69) is 39.5 Å². The van der Waals surface area contributed by atoms with E-state index in [4.69, 9.17) is 4.74 Å². The van der Waals surface area contributed by atoms with Gasteiger partial charge in [0.25, 0.3) is 0 Å². The summed E-state index contributed by atoms with van der Waals surface area (Å²) < 4.78 is 5.53. The molecule has 0 saturated carbocycles. The van der Waals surface area contributed by atoms with Gasteiger partial charge in [0.15, 0.2) is 0 Å². The van der Waals surface area contributed by atoms with E-state index in [0.29, 0.717) is 6.61 Å². The summed E-state index contributed by atoms with van der Waals surface area (Å²) in [5.74, 6) is 0.796. The van der Waals surface area contributed by atoms with E-state index in [-0.39, 0.29) is 0 Å². The number of benzene rings is 1. The van der Waals surface area contributed by atoms with Crippen molar-refractivity contribution in [2.45, 2.75) is 6.42 Å². The van der Waals surface area contributed by atoms with Crippen molar-refractivity contribution >= 4 is 11.6 Å². The Morgan fingerprint density at radius 2 is 2.22 bits per heavy atom. The highest BCUT2D eigenvalue weighted by atomic mass is 16.5. The molecular weight excluding hydrogens is 226 g/mol. The van der Waals surface area contributed by atoms with Crippen molar-refractivity contribution in [1.29, 1.82) is 0 Å². The van der Waals surface area contributed by atoms with Crippen LogP contribution in [0.3, 0.4) is 0 Å². The molecule has 4 nitrogen and oxygen atoms in total. The summed E-state index contributed by atoms with van der Waals surface area (Å²) in [7, 11) is 0. The first-order valence-corrected chi connectivity index (χ1v) is 6.67. The van der Waals surface area contributed by atoms with E-state index in [1.165, 1.54) is 12.1 Å². The molecule has 96 valence electrons. The second kappa shape index (κ2) is 5.40. The predicted octanol–water partition coefficient (Wildman–Crippen LogP) is 1.26. The third-order valence-electron chi connectivity index (χ3n) is 3.38. The minimum Gasteiger partial charge on any atom is -0.476 e. The zero-order valence-electron chi connectivity index (χ0n) is 10.6. The van der Waals surface area contributed by atoms with Gasteiger partial charge in [0.05, 0.1) is 6.54 Å². The van der Waals surface area contributed by atoms with Crippen LogP contribution < -0.4 is 10.2 Å². The summed E-state index contributed by atoms with van der Waals surface area (Å²) in [6.07, 6.45) is 1.20. The van der Waals surface area contributed by atoms with Crippen LogP contribution in [0.1, 0.15) is 12.0 Å². The first-order chi connectivity index (χ1) is 8.93. The van der Waals surface area contributed by atoms with Gasteiger partial charge in [0.1, 0.15) is 6.61 Å². The van der Waals surface area contributed by atoms with Crippen molar-refractivity contribution in [1.82, 2.24) is 5.32 Å². The first-order valence-electron chi connectivity index (χ1n) is 6.67. The van der Waals surface area contributed by atoms with Gasteiger partial charge in [-0.25, -0.2) is 4.99 Å². The molecule has 0 spiro atoms. The molecule has 18 heavy (non-hydrogen) atoms. The molecular formula is C14H19N3O. The molecule has 0 aliphatic carbocycles. The van der Waals surface area contributed by atoms with Crippen LogP contribution in [0.4, 0.5) is 5.69 Å². The minimum absolute atomic E-state index is 0.715. The molecule has 2 aliphatic rings. The minimum atomic E-state index is 0.715. The van der Waals surface area contributed by atoms with E-state index in [1.54, 1.807) is 0 Å². The Morgan fingerprint density at radius 1 is 1.22 bits per heavy atom. The standard InChI is InChI=1S/C14H19N3O/c1-3-12(14-16-7-10-18-14)11-13(4-1)17-8-2-5-15-6-9-17/h1,3-4,11,15H,2,5-10H2. The zero-order valence-corrected chi connectivity index (χ0v) is 10.6. The van der Waals surface area contributed by atoms with Crippen molar-refractivity contribution in [2.24, 2.45) is 4.99 Å². The van der Waals surface area contributed by atoms with Crippen LogP contribution in [0.5, 0.6) is 0 Å². The smallest absolute Gasteiger partial charge is 0.216 e. The van der Waals surface area contributed by atoms with Gasteiger partial charge in [-0.05, 0) is 31.2 Å². The van der Waals surface area contributed by atoms with E-state index < -0.39 is 0 Å². The van der Waals surface area contributed by atoms with Crippen LogP contribution in [0, 0.1) is 0 Å². The lowest BCUT2D eigenvalue weighted by molar-refractivity contribution is 0.348. The van der Waals surface area contributed by atoms with Crippen molar-refractivity contribution in [3.8, 4) is 0 Å². The van der Waals surface area contributed by atoms with Gasteiger partial charge in [-0.15, -0.1) is 0 Å². The highest BCUT2D eigenvalue weighted by Crippen LogP contribution is 2.19. The molecule has 0 radical (unpaired) electrons. The van der Waals surface area contributed by atoms with Crippen LogP contribution in [0.25, 0.3) is 0 Å². The van der Waals surface area contributed by atoms with E-state index in [0.717, 1.165) is 44.2 Å². The van der Waals surface area contributed by atoms with Crippen molar-refractivity contribution in [2.75, 3.05) is 44.2 Å². The lowest BCUT2D eigenvalue weighted by Crippen LogP contribution is -2.27. The Balaban J connectivity index is 1.81. The number of hydrogen-bond acceptors (Lipinski definition) is 4. The van der Waals surface area contributed by atoms with E-state index in [1.807, 2.05) is 0 Å². The molecule has 4 heteroatoms. The Bertz CT molecular complexity index is 436. The van der Waals surface area contributed by atoms with Gasteiger partial charge in [0.2, 0.25) is 5.90 Å². The number of rotatable bonds is 2. The third-order valence-corrected chi connectivity index (χ3v) is 3.38. The topological polar surface area (TPSA) is 36.9 Å². The van der Waals surface area contributed by atoms with E-state index in [9.17, 15) is 0 Å². The Kier molecular flexibility index (Phi) is 3.46. The van der Waals surface area contributed by atoms with Gasteiger partial charge >= 0.3 is 0 Å². The van der Waals surface area contributed by atoms with Crippen LogP contribution >= 0.6 is 0 Å². The Morgan fingerprint density at radius 3 is 3.11 bits per heavy atom. The largest absolute Gasteiger partial charge is 0.476 e. The van der Waals surface area contributed by atoms with Crippen LogP contribution in [0.2, 0.25) is 0 Å². The fourth-order valence-electron chi connectivity index (χ4n) is 2.45. The second-order valence-electron chi connectivity index (χ2n) is 4.68. The van der Waals surface area contributed by atoms with Crippen molar-refractivity contribution < 1.29 is 4.74 Å². The fourth-order valence-corrected chi connectivity index (χ4v) is 2.45. The molecule has 2 aliphatic heterocycles. The second-order valence-corrected chi connectivity index (χ2v) is 4.68. The van der Waals surface area contributed by atoms with Crippen molar-refractivity contribution in [3.63, 3.8) is 0 Å². The summed E-state index contributed by atoms with van der Waals surface area (Å²) >= 11 is 0. The predicted molar refractivity (Wildman–Crippen MR) is 73.5 cm³/mol. The summed E-state index contributed by atoms with van der Waals surface area (Å²) in [5.41, 5.74) is 2.37. The molecule has 0 bridgehead atoms. The van der Waals surface area contributed by atoms with E-state index >= 15 is 0 Å². The molecule has 0 amide bonds. The molecule has 1 aromatic carbocycles. The maximum Gasteiger partial charge on any atom is 0.216 e. The summed E-state index contributed by atoms with van der Waals surface area (Å²) in [5, 5.41) is 3.43. The van der Waals surface area contributed by atoms with Gasteiger partial charge in [-0.3, -0.25) is 0 Å². The lowest BCUT2D eigenvalue weighted by atomic mass is 10.2. The summed E-state index contributed by atoms with van der Waals surface area (Å²) in [6.45, 7) is 5.86. The molecule has 1 N–H and O–H groups in total. The number of nitrogens with zero attached hydrogens (tertiary/aromatic N) is 2. The van der Waals surface area contributed by atoms with Gasteiger partial charge < -0.3 is 15.0 Å². The fraction of sp³-hybridized carbons (Fsp3) is 0.500. The first kappa shape index (κ1) is 11.5. The normalized spacial score (nSPS) is 20.2. The van der Waals surface area contributed by atoms with Crippen LogP contribution in [-0.2, 0) is 4.74 Å². The molecule has 3 rings (SSSR count). The average Bonchev–Trinajstić information content (AvgIpc) is 2.82. The van der Waals surface area contributed by atoms with Gasteiger partial charge in [-0.2, -0.15) is 0 Å². The molecule has 1 aromatic rings. The summed E-state index contributed by atoms with van der Waals surface area (Å²) in [4.78, 5) is 6.80. The molecule has 1 fully saturated rings. The SMILES string of the molecule is c1cc(C2=NCCO2)cc(N2CCCNCC2)c1. The quantitative estimate of drug-likeness (QED) is 0.852. The molecule has 2 heterocycles. The Hall–Kier alpha value is -1.55. The van der Waals surface area contributed by atoms with Crippen LogP contribution in [0.15, 0.2) is 29.3 Å². The zero-order chi connectivity index (χ0) is 12.2. The average molecular weight is 245 g/mol. The monoisotopic (exact) mass is 245 g/mol. The number of aliphatic imine (C=N–C) groups is 1. The molecule has 1 saturated heterocycles. The Labute approximate surface area is 108 Å². The maximum atomic E-state index is 5.53. The number of hydrogen-bond donors (Lipinski definition) is 1. The number of ether oxygens (including phenoxy) is 1. The molecule has 0 aromatic heterocycles. The van der Waals surface area contributed by atoms with Gasteiger partial charge in [0, 0.05) is 30.9 Å². The molecule has 0 atom stereocenters. The van der Waals surface area contributed by atoms with Gasteiger partial charge in [-0.1, -0.05) is 6.07 Å². The summed E-state index contributed by atoms with van der Waals surface area (Å²) in [6, 6.07) is 8.52. The highest BCUT2D eigenvalue weighted by molar-refractivity contribution is 5.95.